The summed E-state index contributed by atoms with van der Waals surface area (Å²) < 4.78 is 36.7. The van der Waals surface area contributed by atoms with Crippen LogP contribution >= 0.6 is 22.7 Å². The van der Waals surface area contributed by atoms with Gasteiger partial charge in [0.2, 0.25) is 0 Å². The average molecular weight is 757 g/mol. The lowest BCUT2D eigenvalue weighted by Gasteiger charge is -2.17. The first-order valence-corrected chi connectivity index (χ1v) is 21.3. The van der Waals surface area contributed by atoms with Gasteiger partial charge in [0, 0.05) is 48.3 Å². The number of para-hydroxylation sites is 4. The molecule has 0 unspecified atom stereocenters. The molecular formula is C45H32N4O2S3. The predicted octanol–water partition coefficient (Wildman–Crippen LogP) is 11.9. The Labute approximate surface area is 318 Å². The number of fused-ring (bicyclic) bond motifs is 10. The smallest absolute Gasteiger partial charge is 0.175 e. The van der Waals surface area contributed by atoms with Gasteiger partial charge in [-0.2, -0.15) is 0 Å². The lowest BCUT2D eigenvalue weighted by molar-refractivity contribution is 0.601. The van der Waals surface area contributed by atoms with Crippen LogP contribution < -0.4 is 0 Å². The van der Waals surface area contributed by atoms with Gasteiger partial charge in [-0.1, -0.05) is 72.8 Å². The summed E-state index contributed by atoms with van der Waals surface area (Å²) in [6.07, 6.45) is 1.31. The normalized spacial score (nSPS) is 12.5. The minimum absolute atomic E-state index is 0.260. The Morgan fingerprint density at radius 2 is 0.796 bits per heavy atom. The Bertz CT molecular complexity index is 3250. The van der Waals surface area contributed by atoms with Crippen LogP contribution in [0.3, 0.4) is 0 Å². The molecule has 6 aromatic heterocycles. The van der Waals surface area contributed by atoms with Gasteiger partial charge in [-0.05, 0) is 80.6 Å². The van der Waals surface area contributed by atoms with E-state index in [1.165, 1.54) is 16.0 Å². The van der Waals surface area contributed by atoms with Crippen LogP contribution in [0.15, 0.2) is 144 Å². The van der Waals surface area contributed by atoms with Gasteiger partial charge in [-0.15, -0.1) is 22.7 Å². The van der Waals surface area contributed by atoms with E-state index in [4.69, 9.17) is 0 Å². The zero-order valence-electron chi connectivity index (χ0n) is 29.6. The fourth-order valence-corrected chi connectivity index (χ4v) is 10.9. The third kappa shape index (κ3) is 4.40. The molecule has 0 amide bonds. The van der Waals surface area contributed by atoms with Crippen LogP contribution in [0.2, 0.25) is 0 Å². The molecule has 0 N–H and O–H groups in total. The Kier molecular flexibility index (Phi) is 6.63. The quantitative estimate of drug-likeness (QED) is 0.176. The van der Waals surface area contributed by atoms with Crippen LogP contribution in [0.4, 0.5) is 0 Å². The summed E-state index contributed by atoms with van der Waals surface area (Å²) in [7, 11) is -3.65. The maximum Gasteiger partial charge on any atom is 0.175 e. The molecule has 0 atom stereocenters. The number of sulfone groups is 1. The number of thiophene rings is 2. The van der Waals surface area contributed by atoms with Crippen molar-refractivity contribution in [1.82, 2.24) is 18.3 Å². The Morgan fingerprint density at radius 3 is 1.13 bits per heavy atom. The molecule has 0 aliphatic carbocycles. The second-order valence-electron chi connectivity index (χ2n) is 14.0. The number of aromatic nitrogens is 4. The Morgan fingerprint density at radius 1 is 0.444 bits per heavy atom. The molecule has 6 heterocycles. The highest BCUT2D eigenvalue weighted by Crippen LogP contribution is 2.45. The van der Waals surface area contributed by atoms with Crippen molar-refractivity contribution in [3.63, 3.8) is 0 Å². The topological polar surface area (TPSA) is 53.9 Å². The number of benzene rings is 5. The van der Waals surface area contributed by atoms with Crippen LogP contribution in [-0.2, 0) is 9.84 Å². The highest BCUT2D eigenvalue weighted by molar-refractivity contribution is 7.90. The van der Waals surface area contributed by atoms with E-state index in [-0.39, 0.29) is 4.90 Å². The van der Waals surface area contributed by atoms with Crippen molar-refractivity contribution in [2.45, 2.75) is 18.7 Å². The van der Waals surface area contributed by atoms with Gasteiger partial charge in [0.1, 0.15) is 21.3 Å². The maximum absolute atomic E-state index is 13.8. The summed E-state index contributed by atoms with van der Waals surface area (Å²) in [6, 6.07) is 48.5. The molecule has 0 saturated heterocycles. The molecule has 0 fully saturated rings. The van der Waals surface area contributed by atoms with Gasteiger partial charge in [-0.25, -0.2) is 8.42 Å². The maximum atomic E-state index is 13.8. The molecule has 262 valence electrons. The van der Waals surface area contributed by atoms with Gasteiger partial charge in [-0.3, -0.25) is 18.3 Å². The largest absolute Gasteiger partial charge is 0.295 e. The second kappa shape index (κ2) is 11.3. The highest BCUT2D eigenvalue weighted by Gasteiger charge is 2.26. The third-order valence-electron chi connectivity index (χ3n) is 10.7. The SMILES string of the molecule is Cc1ccc(-n2c3ccccc3c3c4ccccc4n(-c4cc(-n5c6ccccc6c6c7ccccc7n(-c7ccc(C)s7)c65)cc(S(C)(=O)=O)c4)c32)s1. The van der Waals surface area contributed by atoms with Crippen molar-refractivity contribution in [2.24, 2.45) is 0 Å². The fraction of sp³-hybridized carbons (Fsp3) is 0.0667. The molecule has 0 saturated carbocycles. The third-order valence-corrected chi connectivity index (χ3v) is 13.7. The molecular weight excluding hydrogens is 725 g/mol. The van der Waals surface area contributed by atoms with E-state index < -0.39 is 9.84 Å². The predicted molar refractivity (Wildman–Crippen MR) is 227 cm³/mol. The molecule has 6 nitrogen and oxygen atoms in total. The lowest BCUT2D eigenvalue weighted by Crippen LogP contribution is -2.07. The van der Waals surface area contributed by atoms with Crippen LogP contribution in [0.1, 0.15) is 9.75 Å². The van der Waals surface area contributed by atoms with Gasteiger partial charge in [0.25, 0.3) is 0 Å². The summed E-state index contributed by atoms with van der Waals surface area (Å²) in [5.74, 6) is 0. The van der Waals surface area contributed by atoms with E-state index in [9.17, 15) is 8.42 Å². The van der Waals surface area contributed by atoms with Gasteiger partial charge in [0.05, 0.1) is 38.3 Å². The zero-order valence-corrected chi connectivity index (χ0v) is 32.1. The van der Waals surface area contributed by atoms with Crippen molar-refractivity contribution >= 4 is 98.2 Å². The molecule has 54 heavy (non-hydrogen) atoms. The number of aryl methyl sites for hydroxylation is 2. The molecule has 0 spiro atoms. The van der Waals surface area contributed by atoms with Crippen molar-refractivity contribution in [3.05, 3.63) is 149 Å². The zero-order chi connectivity index (χ0) is 36.5. The number of rotatable bonds is 5. The molecule has 11 rings (SSSR count). The molecule has 0 aliphatic rings. The van der Waals surface area contributed by atoms with Gasteiger partial charge in [0.15, 0.2) is 9.84 Å². The molecule has 0 aliphatic heterocycles. The first kappa shape index (κ1) is 31.6. The first-order valence-electron chi connectivity index (χ1n) is 17.8. The molecule has 0 bridgehead atoms. The average Bonchev–Trinajstić information content (AvgIpc) is 4.02. The Balaban J connectivity index is 1.33. The first-order chi connectivity index (χ1) is 26.3. The van der Waals surface area contributed by atoms with E-state index in [1.54, 1.807) is 22.7 Å². The monoisotopic (exact) mass is 756 g/mol. The summed E-state index contributed by atoms with van der Waals surface area (Å²) in [6.45, 7) is 4.26. The molecule has 11 aromatic rings. The second-order valence-corrected chi connectivity index (χ2v) is 18.6. The van der Waals surface area contributed by atoms with Crippen LogP contribution in [0.25, 0.3) is 87.1 Å². The van der Waals surface area contributed by atoms with Gasteiger partial charge >= 0.3 is 0 Å². The summed E-state index contributed by atoms with van der Waals surface area (Å²) in [5, 5.41) is 9.03. The molecule has 9 heteroatoms. The molecule has 0 radical (unpaired) electrons. The number of hydrogen-bond acceptors (Lipinski definition) is 4. The van der Waals surface area contributed by atoms with E-state index in [2.05, 4.69) is 160 Å². The van der Waals surface area contributed by atoms with Crippen LogP contribution in [0.5, 0.6) is 0 Å². The summed E-state index contributed by atoms with van der Waals surface area (Å²) in [4.78, 5) is 2.70. The van der Waals surface area contributed by atoms with Crippen LogP contribution in [-0.4, -0.2) is 32.9 Å². The summed E-state index contributed by atoms with van der Waals surface area (Å²) in [5.41, 5.74) is 7.79. The number of hydrogen-bond donors (Lipinski definition) is 0. The fourth-order valence-electron chi connectivity index (χ4n) is 8.49. The van der Waals surface area contributed by atoms with Crippen molar-refractivity contribution in [2.75, 3.05) is 6.26 Å². The summed E-state index contributed by atoms with van der Waals surface area (Å²) >= 11 is 3.50. The van der Waals surface area contributed by atoms with Crippen LogP contribution in [0, 0.1) is 13.8 Å². The minimum atomic E-state index is -3.65. The Hall–Kier alpha value is -5.87. The van der Waals surface area contributed by atoms with Gasteiger partial charge < -0.3 is 0 Å². The lowest BCUT2D eigenvalue weighted by atomic mass is 10.1. The molecule has 5 aromatic carbocycles. The number of nitrogens with zero attached hydrogens (tertiary/aromatic N) is 4. The van der Waals surface area contributed by atoms with E-state index >= 15 is 0 Å². The van der Waals surface area contributed by atoms with E-state index in [1.807, 2.05) is 12.1 Å². The minimum Gasteiger partial charge on any atom is -0.295 e. The highest BCUT2D eigenvalue weighted by atomic mass is 32.2. The van der Waals surface area contributed by atoms with Crippen molar-refractivity contribution in [3.8, 4) is 21.4 Å². The standard InChI is InChI=1S/C45H32N4O2S3/c1-27-20-22-40(52-27)48-38-18-10-6-14-34(38)42-32-12-4-8-16-36(32)46(44(42)48)29-24-30(26-31(25-29)54(3,50)51)47-37-17-9-5-13-33(37)43-35-15-7-11-19-39(35)49(45(43)47)41-23-21-28(2)53-41/h4-26H,1-3H3. The van der Waals surface area contributed by atoms with Crippen molar-refractivity contribution < 1.29 is 8.42 Å². The van der Waals surface area contributed by atoms with Crippen molar-refractivity contribution in [1.29, 1.82) is 0 Å². The van der Waals surface area contributed by atoms with E-state index in [0.29, 0.717) is 0 Å². The van der Waals surface area contributed by atoms with E-state index in [0.717, 1.165) is 87.1 Å².